The molecule has 4 nitrogen and oxygen atoms in total. The lowest BCUT2D eigenvalue weighted by Gasteiger charge is -2.12. The van der Waals surface area contributed by atoms with Crippen molar-refractivity contribution in [1.82, 2.24) is 4.98 Å². The second-order valence-electron chi connectivity index (χ2n) is 6.51. The molecule has 2 rings (SSSR count). The maximum atomic E-state index is 12.3. The van der Waals surface area contributed by atoms with Gasteiger partial charge in [-0.15, -0.1) is 0 Å². The molecule has 0 spiro atoms. The summed E-state index contributed by atoms with van der Waals surface area (Å²) in [5, 5.41) is 12.9. The van der Waals surface area contributed by atoms with Crippen molar-refractivity contribution < 1.29 is 4.79 Å². The minimum atomic E-state index is -0.104. The van der Waals surface area contributed by atoms with E-state index in [1.165, 1.54) is 17.3 Å². The molecular weight excluding hydrogens is 342 g/mol. The molecule has 1 heterocycles. The number of hydrogen-bond donors (Lipinski definition) is 1. The summed E-state index contributed by atoms with van der Waals surface area (Å²) in [6.07, 6.45) is 1.09. The molecule has 1 N–H and O–H groups in total. The lowest BCUT2D eigenvalue weighted by molar-refractivity contribution is -0.113. The zero-order valence-electron chi connectivity index (χ0n) is 16.0. The van der Waals surface area contributed by atoms with Gasteiger partial charge in [0.15, 0.2) is 0 Å². The number of carbonyl (C=O) groups excluding carboxylic acids is 1. The van der Waals surface area contributed by atoms with Crippen LogP contribution in [0.5, 0.6) is 0 Å². The van der Waals surface area contributed by atoms with Gasteiger partial charge in [-0.05, 0) is 61.9 Å². The number of amides is 1. The van der Waals surface area contributed by atoms with Crippen LogP contribution >= 0.6 is 11.8 Å². The van der Waals surface area contributed by atoms with Crippen LogP contribution in [0.1, 0.15) is 54.1 Å². The number of thioether (sulfide) groups is 1. The minimum absolute atomic E-state index is 0.104. The number of aryl methyl sites for hydroxylation is 1. The summed E-state index contributed by atoms with van der Waals surface area (Å²) in [6, 6.07) is 10.2. The molecule has 5 heteroatoms. The third-order valence-electron chi connectivity index (χ3n) is 4.79. The zero-order valence-corrected chi connectivity index (χ0v) is 16.8. The number of carbonyl (C=O) groups is 1. The molecule has 0 aliphatic rings. The van der Waals surface area contributed by atoms with E-state index in [0.717, 1.165) is 28.9 Å². The van der Waals surface area contributed by atoms with Crippen molar-refractivity contribution in [2.75, 3.05) is 11.1 Å². The van der Waals surface area contributed by atoms with Crippen molar-refractivity contribution in [3.05, 3.63) is 52.2 Å². The van der Waals surface area contributed by atoms with Crippen LogP contribution in [0.3, 0.4) is 0 Å². The first-order chi connectivity index (χ1) is 12.4. The predicted octanol–water partition coefficient (Wildman–Crippen LogP) is 5.12. The van der Waals surface area contributed by atoms with E-state index >= 15 is 0 Å². The Bertz CT molecular complexity index is 838. The number of nitrogens with zero attached hydrogens (tertiary/aromatic N) is 2. The normalized spacial score (nSPS) is 11.7. The molecule has 1 aromatic heterocycles. The summed E-state index contributed by atoms with van der Waals surface area (Å²) in [4.78, 5) is 16.7. The summed E-state index contributed by atoms with van der Waals surface area (Å²) < 4.78 is 0. The van der Waals surface area contributed by atoms with E-state index in [2.05, 4.69) is 42.4 Å². The molecular formula is C21H25N3OS. The van der Waals surface area contributed by atoms with E-state index < -0.39 is 0 Å². The van der Waals surface area contributed by atoms with Crippen molar-refractivity contribution in [1.29, 1.82) is 5.26 Å². The van der Waals surface area contributed by atoms with E-state index in [9.17, 15) is 10.1 Å². The fourth-order valence-electron chi connectivity index (χ4n) is 2.61. The van der Waals surface area contributed by atoms with Crippen LogP contribution in [0.25, 0.3) is 0 Å². The van der Waals surface area contributed by atoms with E-state index in [4.69, 9.17) is 0 Å². The first-order valence-electron chi connectivity index (χ1n) is 8.77. The molecule has 1 atom stereocenters. The van der Waals surface area contributed by atoms with Crippen molar-refractivity contribution in [3.63, 3.8) is 0 Å². The van der Waals surface area contributed by atoms with Crippen LogP contribution in [0.15, 0.2) is 29.3 Å². The van der Waals surface area contributed by atoms with Gasteiger partial charge in [0.2, 0.25) is 5.91 Å². The second-order valence-corrected chi connectivity index (χ2v) is 7.47. The van der Waals surface area contributed by atoms with Gasteiger partial charge in [-0.25, -0.2) is 4.98 Å². The van der Waals surface area contributed by atoms with Gasteiger partial charge in [0.25, 0.3) is 0 Å². The van der Waals surface area contributed by atoms with Crippen molar-refractivity contribution in [2.24, 2.45) is 0 Å². The highest BCUT2D eigenvalue weighted by atomic mass is 32.2. The molecule has 0 aliphatic carbocycles. The molecule has 1 aromatic carbocycles. The molecule has 0 radical (unpaired) electrons. The van der Waals surface area contributed by atoms with Gasteiger partial charge in [-0.2, -0.15) is 5.26 Å². The summed E-state index contributed by atoms with van der Waals surface area (Å²) in [7, 11) is 0. The molecule has 26 heavy (non-hydrogen) atoms. The van der Waals surface area contributed by atoms with Crippen LogP contribution < -0.4 is 5.32 Å². The summed E-state index contributed by atoms with van der Waals surface area (Å²) in [6.45, 7) is 10.2. The minimum Gasteiger partial charge on any atom is -0.325 e. The second kappa shape index (κ2) is 8.86. The molecule has 136 valence electrons. The third-order valence-corrected chi connectivity index (χ3v) is 5.77. The first-order valence-corrected chi connectivity index (χ1v) is 9.76. The molecule has 0 unspecified atom stereocenters. The van der Waals surface area contributed by atoms with Crippen molar-refractivity contribution in [2.45, 2.75) is 52.0 Å². The molecule has 0 bridgehead atoms. The number of anilines is 1. The Morgan fingerprint density at radius 2 is 1.88 bits per heavy atom. The Morgan fingerprint density at radius 3 is 2.46 bits per heavy atom. The van der Waals surface area contributed by atoms with Crippen molar-refractivity contribution >= 4 is 23.4 Å². The molecule has 0 saturated carbocycles. The SMILES string of the molecule is CC[C@H](C)c1ccc(NC(=O)CSc2nc(C)c(C)c(C)c2C#N)cc1. The fraction of sp³-hybridized carbons (Fsp3) is 0.381. The van der Waals surface area contributed by atoms with Gasteiger partial charge < -0.3 is 5.32 Å². The number of aromatic nitrogens is 1. The smallest absolute Gasteiger partial charge is 0.234 e. The van der Waals surface area contributed by atoms with Gasteiger partial charge in [0.05, 0.1) is 11.3 Å². The number of nitriles is 1. The molecule has 2 aromatic rings. The average Bonchev–Trinajstić information content (AvgIpc) is 2.64. The molecule has 0 saturated heterocycles. The Balaban J connectivity index is 2.03. The Labute approximate surface area is 160 Å². The number of hydrogen-bond acceptors (Lipinski definition) is 4. The maximum absolute atomic E-state index is 12.3. The number of pyridine rings is 1. The predicted molar refractivity (Wildman–Crippen MR) is 108 cm³/mol. The maximum Gasteiger partial charge on any atom is 0.234 e. The monoisotopic (exact) mass is 367 g/mol. The van der Waals surface area contributed by atoms with Crippen LogP contribution in [0.4, 0.5) is 5.69 Å². The lowest BCUT2D eigenvalue weighted by Crippen LogP contribution is -2.14. The van der Waals surface area contributed by atoms with E-state index in [0.29, 0.717) is 16.5 Å². The quantitative estimate of drug-likeness (QED) is 0.719. The molecule has 1 amide bonds. The van der Waals surface area contributed by atoms with Crippen LogP contribution in [-0.2, 0) is 4.79 Å². The van der Waals surface area contributed by atoms with Crippen molar-refractivity contribution in [3.8, 4) is 6.07 Å². The zero-order chi connectivity index (χ0) is 19.3. The van der Waals surface area contributed by atoms with E-state index in [-0.39, 0.29) is 11.7 Å². The lowest BCUT2D eigenvalue weighted by atomic mass is 9.99. The van der Waals surface area contributed by atoms with Crippen LogP contribution in [0, 0.1) is 32.1 Å². The van der Waals surface area contributed by atoms with Crippen LogP contribution in [-0.4, -0.2) is 16.6 Å². The first kappa shape index (κ1) is 20.0. The van der Waals surface area contributed by atoms with E-state index in [1.54, 1.807) is 0 Å². The van der Waals surface area contributed by atoms with Gasteiger partial charge in [-0.3, -0.25) is 4.79 Å². The highest BCUT2D eigenvalue weighted by Crippen LogP contribution is 2.26. The Hall–Kier alpha value is -2.32. The Morgan fingerprint density at radius 1 is 1.23 bits per heavy atom. The average molecular weight is 368 g/mol. The highest BCUT2D eigenvalue weighted by Gasteiger charge is 2.14. The summed E-state index contributed by atoms with van der Waals surface area (Å²) >= 11 is 1.30. The van der Waals surface area contributed by atoms with Gasteiger partial charge in [0, 0.05) is 11.4 Å². The van der Waals surface area contributed by atoms with Gasteiger partial charge in [0.1, 0.15) is 11.1 Å². The fourth-order valence-corrected chi connectivity index (χ4v) is 3.49. The number of nitrogens with one attached hydrogen (secondary N) is 1. The van der Waals surface area contributed by atoms with E-state index in [1.807, 2.05) is 32.9 Å². The largest absolute Gasteiger partial charge is 0.325 e. The molecule has 0 fully saturated rings. The number of rotatable bonds is 6. The number of benzene rings is 1. The Kier molecular flexibility index (Phi) is 6.82. The van der Waals surface area contributed by atoms with Gasteiger partial charge in [-0.1, -0.05) is 37.7 Å². The highest BCUT2D eigenvalue weighted by molar-refractivity contribution is 8.00. The summed E-state index contributed by atoms with van der Waals surface area (Å²) in [5.74, 6) is 0.628. The van der Waals surface area contributed by atoms with Gasteiger partial charge >= 0.3 is 0 Å². The molecule has 0 aliphatic heterocycles. The third kappa shape index (κ3) is 4.64. The topological polar surface area (TPSA) is 65.8 Å². The summed E-state index contributed by atoms with van der Waals surface area (Å²) in [5.41, 5.74) is 5.47. The standard InChI is InChI=1S/C21H25N3OS/c1-6-13(2)17-7-9-18(10-8-17)24-20(25)12-26-21-19(11-22)15(4)14(3)16(5)23-21/h7-10,13H,6,12H2,1-5H3,(H,24,25)/t13-/m0/s1. The van der Waals surface area contributed by atoms with Crippen LogP contribution in [0.2, 0.25) is 0 Å².